The highest BCUT2D eigenvalue weighted by Gasteiger charge is 2.55. The lowest BCUT2D eigenvalue weighted by molar-refractivity contribution is -0.343. The largest absolute Gasteiger partial charge is 0.497 e. The number of hydrogen-bond acceptors (Lipinski definition) is 22. The summed E-state index contributed by atoms with van der Waals surface area (Å²) in [6.45, 7) is 4.43. The minimum Gasteiger partial charge on any atom is -0.497 e. The number of methoxy groups -OCH3 is 2. The number of nitrogens with zero attached hydrogens (tertiary/aromatic N) is 1. The van der Waals surface area contributed by atoms with Gasteiger partial charge in [-0.1, -0.05) is 198 Å². The molecule has 23 heteroatoms. The summed E-state index contributed by atoms with van der Waals surface area (Å²) in [5.74, 6) is -4.58. The Balaban J connectivity index is 0.689. The fraction of sp³-hybridized carbons (Fsp3) is 0.406. The maximum absolute atomic E-state index is 14.4. The number of esters is 6. The van der Waals surface area contributed by atoms with Gasteiger partial charge in [-0.15, -0.1) is 0 Å². The lowest BCUT2D eigenvalue weighted by Gasteiger charge is -2.48. The minimum absolute atomic E-state index is 0.0511. The van der Waals surface area contributed by atoms with Gasteiger partial charge in [0.25, 0.3) is 0 Å². The molecule has 3 aliphatic heterocycles. The van der Waals surface area contributed by atoms with E-state index in [1.807, 2.05) is 78.9 Å². The van der Waals surface area contributed by atoms with Crippen molar-refractivity contribution in [1.82, 2.24) is 4.90 Å². The summed E-state index contributed by atoms with van der Waals surface area (Å²) in [6, 6.07) is 66.3. The maximum Gasteiger partial charge on any atom is 0.338 e. The first-order chi connectivity index (χ1) is 57.9. The van der Waals surface area contributed by atoms with Gasteiger partial charge in [-0.2, -0.15) is 0 Å². The summed E-state index contributed by atoms with van der Waals surface area (Å²) < 4.78 is 82.5. The van der Waals surface area contributed by atoms with Crippen molar-refractivity contribution >= 4 is 53.3 Å². The molecular weight excluding hydrogens is 1520 g/mol. The molecule has 3 aliphatic rings. The smallest absolute Gasteiger partial charge is 0.338 e. The second kappa shape index (κ2) is 45.1. The first-order valence-corrected chi connectivity index (χ1v) is 41.2. The summed E-state index contributed by atoms with van der Waals surface area (Å²) in [4.78, 5) is 125. The summed E-state index contributed by atoms with van der Waals surface area (Å²) in [5, 5.41) is 0. The molecule has 8 aromatic rings. The predicted molar refractivity (Wildman–Crippen MR) is 440 cm³/mol. The molecular formula is C96H107NO22. The number of hydrogen-bond donors (Lipinski definition) is 0. The third kappa shape index (κ3) is 25.0. The van der Waals surface area contributed by atoms with E-state index in [1.165, 1.54) is 6.92 Å². The van der Waals surface area contributed by atoms with Gasteiger partial charge < -0.3 is 71.3 Å². The molecule has 12 atom stereocenters. The fourth-order valence-corrected chi connectivity index (χ4v) is 15.2. The van der Waals surface area contributed by atoms with Crippen molar-refractivity contribution in [1.29, 1.82) is 0 Å². The average Bonchev–Trinajstić information content (AvgIpc) is 1.19. The molecule has 11 rings (SSSR count). The summed E-state index contributed by atoms with van der Waals surface area (Å²) >= 11 is 0. The summed E-state index contributed by atoms with van der Waals surface area (Å²) in [5.41, 5.74) is 2.45. The number of benzene rings is 8. The molecule has 0 saturated carbocycles. The number of likely N-dealkylation sites (tertiary alicyclic amines) is 1. The Morgan fingerprint density at radius 1 is 0.395 bits per heavy atom. The van der Waals surface area contributed by atoms with Gasteiger partial charge in [0, 0.05) is 50.5 Å². The quantitative estimate of drug-likeness (QED) is 0.0149. The normalized spacial score (nSPS) is 20.9. The number of rotatable bonds is 43. The van der Waals surface area contributed by atoms with Crippen LogP contribution in [0.5, 0.6) is 11.5 Å². The zero-order valence-corrected chi connectivity index (χ0v) is 68.1. The van der Waals surface area contributed by atoms with E-state index in [-0.39, 0.29) is 84.3 Å². The van der Waals surface area contributed by atoms with Crippen LogP contribution >= 0.6 is 0 Å². The Bertz CT molecular complexity index is 4490. The number of Topliss-reactive ketones (excluding diaryl/α,β-unsaturated/α-hetero) is 2. The van der Waals surface area contributed by atoms with Gasteiger partial charge in [0.2, 0.25) is 5.91 Å². The highest BCUT2D eigenvalue weighted by atomic mass is 16.7. The van der Waals surface area contributed by atoms with E-state index in [2.05, 4.69) is 0 Å². The first kappa shape index (κ1) is 88.6. The third-order valence-corrected chi connectivity index (χ3v) is 21.8. The Kier molecular flexibility index (Phi) is 33.6. The average molecular weight is 1630 g/mol. The molecule has 8 aromatic carbocycles. The second-order valence-electron chi connectivity index (χ2n) is 30.3. The zero-order valence-electron chi connectivity index (χ0n) is 68.1. The molecule has 10 unspecified atom stereocenters. The molecule has 0 radical (unpaired) electrons. The van der Waals surface area contributed by atoms with Crippen molar-refractivity contribution in [3.63, 3.8) is 0 Å². The van der Waals surface area contributed by atoms with Crippen LogP contribution in [-0.2, 0) is 76.9 Å². The molecule has 3 fully saturated rings. The van der Waals surface area contributed by atoms with E-state index in [0.717, 1.165) is 61.6 Å². The van der Waals surface area contributed by atoms with Crippen LogP contribution in [0.15, 0.2) is 231 Å². The monoisotopic (exact) mass is 1630 g/mol. The number of carbonyl (C=O) groups excluding carboxylic acids is 9. The zero-order chi connectivity index (χ0) is 83.9. The molecule has 628 valence electrons. The third-order valence-electron chi connectivity index (χ3n) is 21.8. The molecule has 0 bridgehead atoms. The van der Waals surface area contributed by atoms with Gasteiger partial charge in [-0.25, -0.2) is 24.0 Å². The SMILES string of the molecule is COc1ccc(C(OC[C@@H]2C[C@@H](OC(=O)CCC(C)=O)CN2C(=O)CCCCCCC(=O)CCCCCCCCOC2OC(COC(=O)c3ccccc3)C(OC3OC(COC(=O)c4ccccc4)C(OC(=O)c4ccccc4)C(OC(=O)c4ccccc4)C3C)C(OC(=O)c3ccccc3)C2C)(c2ccccc2)c2ccc(OC)cc2)cc1. The Morgan fingerprint density at radius 3 is 1.24 bits per heavy atom. The highest BCUT2D eigenvalue weighted by molar-refractivity contribution is 5.92. The maximum atomic E-state index is 14.4. The van der Waals surface area contributed by atoms with Gasteiger partial charge in [0.1, 0.15) is 78.5 Å². The Hall–Kier alpha value is -11.2. The van der Waals surface area contributed by atoms with Crippen LogP contribution in [0.25, 0.3) is 0 Å². The molecule has 3 heterocycles. The van der Waals surface area contributed by atoms with Crippen LogP contribution in [0, 0.1) is 11.8 Å². The minimum atomic E-state index is -1.43. The van der Waals surface area contributed by atoms with Crippen LogP contribution in [-0.4, -0.2) is 167 Å². The standard InChI is InChI=1S/C96H107NO22/c1-65(98)49-58-84(101)113-80-60-76(62-112-96(73-44-28-17-29-45-73,74-50-54-78(107-4)55-51-74)75-52-56-79(108-5)57-53-75)97(61-80)83(100)48-32-10-9-31-47-77(99)46-30-8-6-7-11-33-59-109-94-66(2)85(116-91(104)70-38-22-14-23-39-70)88(82(114-94)64-111-90(103)69-36-20-13-21-37-69)119-95-67(3)86(117-92(105)71-40-24-15-25-41-71)87(118-93(106)72-42-26-16-27-43-72)81(115-95)63-110-89(102)68-34-18-12-19-35-68/h12-29,34-45,50-57,66-67,76,80-82,85-88,94-95H,6-11,30-33,46-49,58-64H2,1-5H3/t66?,67?,76-,80+,81?,82?,85?,86?,87?,88?,94?,95?/m0/s1. The summed E-state index contributed by atoms with van der Waals surface area (Å²) in [6.07, 6.45) is -1.86. The number of amides is 1. The van der Waals surface area contributed by atoms with Crippen molar-refractivity contribution in [2.75, 3.05) is 47.2 Å². The molecule has 0 N–H and O–H groups in total. The molecule has 0 aromatic heterocycles. The van der Waals surface area contributed by atoms with Crippen LogP contribution in [0.2, 0.25) is 0 Å². The summed E-state index contributed by atoms with van der Waals surface area (Å²) in [7, 11) is 3.22. The van der Waals surface area contributed by atoms with Crippen LogP contribution in [0.1, 0.15) is 192 Å². The molecule has 3 saturated heterocycles. The van der Waals surface area contributed by atoms with Crippen LogP contribution in [0.3, 0.4) is 0 Å². The lowest BCUT2D eigenvalue weighted by Crippen LogP contribution is -2.63. The van der Waals surface area contributed by atoms with Gasteiger partial charge in [0.05, 0.1) is 67.7 Å². The Labute approximate surface area is 695 Å². The van der Waals surface area contributed by atoms with E-state index in [0.29, 0.717) is 50.0 Å². The molecule has 0 spiro atoms. The molecule has 23 nitrogen and oxygen atoms in total. The number of ketones is 2. The van der Waals surface area contributed by atoms with E-state index < -0.39 is 128 Å². The van der Waals surface area contributed by atoms with Crippen molar-refractivity contribution < 1.29 is 105 Å². The van der Waals surface area contributed by atoms with Crippen molar-refractivity contribution in [2.45, 2.75) is 190 Å². The van der Waals surface area contributed by atoms with Gasteiger partial charge in [-0.05, 0) is 134 Å². The molecule has 1 amide bonds. The van der Waals surface area contributed by atoms with E-state index in [4.69, 9.17) is 61.6 Å². The number of carbonyl (C=O) groups is 9. The predicted octanol–water partition coefficient (Wildman–Crippen LogP) is 16.0. The van der Waals surface area contributed by atoms with Crippen molar-refractivity contribution in [3.05, 3.63) is 275 Å². The van der Waals surface area contributed by atoms with Crippen LogP contribution in [0.4, 0.5) is 0 Å². The second-order valence-corrected chi connectivity index (χ2v) is 30.3. The fourth-order valence-electron chi connectivity index (χ4n) is 15.2. The Morgan fingerprint density at radius 2 is 0.782 bits per heavy atom. The van der Waals surface area contributed by atoms with E-state index in [1.54, 1.807) is 185 Å². The topological polar surface area (TPSA) is 277 Å². The van der Waals surface area contributed by atoms with Gasteiger partial charge >= 0.3 is 35.8 Å². The van der Waals surface area contributed by atoms with Crippen molar-refractivity contribution in [3.8, 4) is 11.5 Å². The molecule has 0 aliphatic carbocycles. The first-order valence-electron chi connectivity index (χ1n) is 41.2. The molecule has 119 heavy (non-hydrogen) atoms. The van der Waals surface area contributed by atoms with Crippen molar-refractivity contribution in [2.24, 2.45) is 11.8 Å². The van der Waals surface area contributed by atoms with E-state index in [9.17, 15) is 43.2 Å². The highest BCUT2D eigenvalue weighted by Crippen LogP contribution is 2.44. The lowest BCUT2D eigenvalue weighted by atomic mass is 9.80. The van der Waals surface area contributed by atoms with Crippen LogP contribution < -0.4 is 9.47 Å². The van der Waals surface area contributed by atoms with Gasteiger partial charge in [-0.3, -0.25) is 14.4 Å². The number of unbranched alkanes of at least 4 members (excludes halogenated alkanes) is 8. The van der Waals surface area contributed by atoms with E-state index >= 15 is 0 Å². The number of ether oxygens (including phenoxy) is 13. The van der Waals surface area contributed by atoms with Gasteiger partial charge in [0.15, 0.2) is 18.7 Å².